The van der Waals surface area contributed by atoms with Crippen molar-refractivity contribution >= 4 is 29.1 Å². The second-order valence-corrected chi connectivity index (χ2v) is 7.25. The summed E-state index contributed by atoms with van der Waals surface area (Å²) in [5, 5.41) is 5.79. The summed E-state index contributed by atoms with van der Waals surface area (Å²) < 4.78 is 33.4. The third-order valence-corrected chi connectivity index (χ3v) is 5.01. The number of urea groups is 1. The smallest absolute Gasteiger partial charge is 0.321 e. The largest absolute Gasteiger partial charge is 0.418 e. The van der Waals surface area contributed by atoms with Crippen molar-refractivity contribution in [3.05, 3.63) is 54.1 Å². The zero-order valence-electron chi connectivity index (χ0n) is 16.9. The van der Waals surface area contributed by atoms with Gasteiger partial charge in [0.2, 0.25) is 11.8 Å². The average Bonchev–Trinajstić information content (AvgIpc) is 3.09. The van der Waals surface area contributed by atoms with E-state index in [0.717, 1.165) is 25.2 Å². The number of nitrogens with two attached hydrogens (primary N) is 1. The van der Waals surface area contributed by atoms with E-state index in [1.165, 1.54) is 6.07 Å². The Morgan fingerprint density at radius 3 is 2.29 bits per heavy atom. The molecule has 2 amide bonds. The van der Waals surface area contributed by atoms with Gasteiger partial charge in [-0.1, -0.05) is 6.07 Å². The van der Waals surface area contributed by atoms with Crippen LogP contribution in [-0.4, -0.2) is 54.0 Å². The number of carbonyl (C=O) groups is 1. The number of nitrogens with one attached hydrogen (secondary N) is 2. The van der Waals surface area contributed by atoms with E-state index in [1.54, 1.807) is 29.2 Å². The Morgan fingerprint density at radius 1 is 1.03 bits per heavy atom. The molecule has 31 heavy (non-hydrogen) atoms. The van der Waals surface area contributed by atoms with Gasteiger partial charge >= 0.3 is 6.03 Å². The summed E-state index contributed by atoms with van der Waals surface area (Å²) in [7, 11) is 2.03. The quantitative estimate of drug-likeness (QED) is 0.586. The van der Waals surface area contributed by atoms with E-state index in [9.17, 15) is 13.6 Å². The molecular formula is C21H22F2N6O2. The van der Waals surface area contributed by atoms with Gasteiger partial charge in [-0.2, -0.15) is 4.98 Å². The summed E-state index contributed by atoms with van der Waals surface area (Å²) >= 11 is 0. The number of benzene rings is 2. The van der Waals surface area contributed by atoms with E-state index in [4.69, 9.17) is 10.2 Å². The molecule has 0 spiro atoms. The standard InChI is InChI=1S/C21H22F2N6O2/c1-28-9-11-29(12-10-28)21(30)26-14-7-5-13(6-8-14)25-20-18(24)27-19(31-20)17-15(22)3-2-4-16(17)23/h2-8,25H,9-12,24H2,1H3,(H,26,30). The number of amides is 2. The topological polar surface area (TPSA) is 99.7 Å². The van der Waals surface area contributed by atoms with Gasteiger partial charge in [-0.3, -0.25) is 0 Å². The van der Waals surface area contributed by atoms with Crippen LogP contribution < -0.4 is 16.4 Å². The molecule has 0 bridgehead atoms. The van der Waals surface area contributed by atoms with Crippen molar-refractivity contribution in [2.24, 2.45) is 0 Å². The molecule has 4 N–H and O–H groups in total. The van der Waals surface area contributed by atoms with E-state index in [2.05, 4.69) is 20.5 Å². The van der Waals surface area contributed by atoms with Crippen molar-refractivity contribution in [3.63, 3.8) is 0 Å². The zero-order valence-corrected chi connectivity index (χ0v) is 16.9. The molecule has 2 heterocycles. The van der Waals surface area contributed by atoms with Crippen molar-refractivity contribution in [1.29, 1.82) is 0 Å². The minimum atomic E-state index is -0.798. The van der Waals surface area contributed by atoms with E-state index >= 15 is 0 Å². The lowest BCUT2D eigenvalue weighted by atomic mass is 10.2. The molecule has 1 aromatic heterocycles. The molecule has 1 fully saturated rings. The maximum Gasteiger partial charge on any atom is 0.321 e. The van der Waals surface area contributed by atoms with Crippen LogP contribution in [0.25, 0.3) is 11.5 Å². The normalized spacial score (nSPS) is 14.5. The number of aromatic nitrogens is 1. The molecule has 3 aromatic rings. The first-order valence-corrected chi connectivity index (χ1v) is 9.73. The number of carbonyl (C=O) groups excluding carboxylic acids is 1. The maximum absolute atomic E-state index is 14.0. The van der Waals surface area contributed by atoms with Gasteiger partial charge in [0.25, 0.3) is 0 Å². The molecule has 0 saturated carbocycles. The van der Waals surface area contributed by atoms with E-state index in [1.807, 2.05) is 7.05 Å². The fourth-order valence-corrected chi connectivity index (χ4v) is 3.21. The van der Waals surface area contributed by atoms with Crippen molar-refractivity contribution in [1.82, 2.24) is 14.8 Å². The summed E-state index contributed by atoms with van der Waals surface area (Å²) in [5.41, 5.74) is 6.68. The van der Waals surface area contributed by atoms with Crippen molar-refractivity contribution in [2.75, 3.05) is 49.6 Å². The Labute approximate surface area is 177 Å². The highest BCUT2D eigenvalue weighted by molar-refractivity contribution is 5.89. The highest BCUT2D eigenvalue weighted by Gasteiger charge is 2.20. The van der Waals surface area contributed by atoms with Crippen LogP contribution in [0, 0.1) is 11.6 Å². The average molecular weight is 428 g/mol. The third-order valence-electron chi connectivity index (χ3n) is 5.01. The SMILES string of the molecule is CN1CCN(C(=O)Nc2ccc(Nc3oc(-c4c(F)cccc4F)nc3N)cc2)CC1. The number of rotatable bonds is 4. The molecular weight excluding hydrogens is 406 g/mol. The molecule has 1 aliphatic rings. The minimum Gasteiger partial charge on any atom is -0.418 e. The number of halogens is 2. The Kier molecular flexibility index (Phi) is 5.72. The van der Waals surface area contributed by atoms with Gasteiger partial charge in [-0.15, -0.1) is 0 Å². The molecule has 0 radical (unpaired) electrons. The fourth-order valence-electron chi connectivity index (χ4n) is 3.21. The van der Waals surface area contributed by atoms with Gasteiger partial charge in [0.1, 0.15) is 17.2 Å². The Morgan fingerprint density at radius 2 is 1.65 bits per heavy atom. The number of anilines is 4. The monoisotopic (exact) mass is 428 g/mol. The molecule has 1 aliphatic heterocycles. The van der Waals surface area contributed by atoms with Gasteiger partial charge in [0, 0.05) is 37.6 Å². The van der Waals surface area contributed by atoms with Crippen LogP contribution in [-0.2, 0) is 0 Å². The van der Waals surface area contributed by atoms with Crippen molar-refractivity contribution in [2.45, 2.75) is 0 Å². The molecule has 162 valence electrons. The van der Waals surface area contributed by atoms with Gasteiger partial charge in [0.05, 0.1) is 0 Å². The minimum absolute atomic E-state index is 0.0369. The van der Waals surface area contributed by atoms with Crippen LogP contribution >= 0.6 is 0 Å². The molecule has 8 nitrogen and oxygen atoms in total. The predicted molar refractivity (Wildman–Crippen MR) is 114 cm³/mol. The molecule has 0 aliphatic carbocycles. The van der Waals surface area contributed by atoms with Crippen LogP contribution in [0.2, 0.25) is 0 Å². The summed E-state index contributed by atoms with van der Waals surface area (Å²) in [6.07, 6.45) is 0. The van der Waals surface area contributed by atoms with E-state index in [0.29, 0.717) is 24.5 Å². The number of piperazine rings is 1. The number of nitrogens with zero attached hydrogens (tertiary/aromatic N) is 3. The Bertz CT molecular complexity index is 1060. The number of likely N-dealkylation sites (N-methyl/N-ethyl adjacent to an activating group) is 1. The van der Waals surface area contributed by atoms with Crippen LogP contribution in [0.15, 0.2) is 46.9 Å². The van der Waals surface area contributed by atoms with Crippen LogP contribution in [0.3, 0.4) is 0 Å². The highest BCUT2D eigenvalue weighted by Crippen LogP contribution is 2.32. The number of hydrogen-bond acceptors (Lipinski definition) is 6. The van der Waals surface area contributed by atoms with E-state index < -0.39 is 11.6 Å². The highest BCUT2D eigenvalue weighted by atomic mass is 19.1. The lowest BCUT2D eigenvalue weighted by Crippen LogP contribution is -2.48. The van der Waals surface area contributed by atoms with Crippen LogP contribution in [0.5, 0.6) is 0 Å². The lowest BCUT2D eigenvalue weighted by molar-refractivity contribution is 0.164. The maximum atomic E-state index is 14.0. The number of hydrogen-bond donors (Lipinski definition) is 3. The first-order chi connectivity index (χ1) is 14.9. The summed E-state index contributed by atoms with van der Waals surface area (Å²) in [5.74, 6) is -1.83. The predicted octanol–water partition coefficient (Wildman–Crippen LogP) is 3.72. The Hall–Kier alpha value is -3.66. The second-order valence-electron chi connectivity index (χ2n) is 7.25. The fraction of sp³-hybridized carbons (Fsp3) is 0.238. The first-order valence-electron chi connectivity index (χ1n) is 9.73. The van der Waals surface area contributed by atoms with Gasteiger partial charge in [-0.05, 0) is 43.4 Å². The number of nitrogen functional groups attached to an aromatic ring is 1. The van der Waals surface area contributed by atoms with Crippen LogP contribution in [0.4, 0.5) is 36.7 Å². The Balaban J connectivity index is 1.43. The molecule has 4 rings (SSSR count). The van der Waals surface area contributed by atoms with Gasteiger partial charge in [-0.25, -0.2) is 13.6 Å². The second kappa shape index (κ2) is 8.60. The van der Waals surface area contributed by atoms with E-state index in [-0.39, 0.29) is 29.2 Å². The molecule has 0 unspecified atom stereocenters. The first kappa shape index (κ1) is 20.6. The summed E-state index contributed by atoms with van der Waals surface area (Å²) in [6, 6.07) is 10.2. The zero-order chi connectivity index (χ0) is 22.0. The van der Waals surface area contributed by atoms with Gasteiger partial charge < -0.3 is 30.6 Å². The van der Waals surface area contributed by atoms with Crippen molar-refractivity contribution < 1.29 is 18.0 Å². The molecule has 10 heteroatoms. The third kappa shape index (κ3) is 4.58. The lowest BCUT2D eigenvalue weighted by Gasteiger charge is -2.32. The molecule has 1 saturated heterocycles. The van der Waals surface area contributed by atoms with Gasteiger partial charge in [0.15, 0.2) is 5.82 Å². The molecule has 2 aromatic carbocycles. The van der Waals surface area contributed by atoms with Crippen molar-refractivity contribution in [3.8, 4) is 11.5 Å². The molecule has 0 atom stereocenters. The number of oxazole rings is 1. The summed E-state index contributed by atoms with van der Waals surface area (Å²) in [6.45, 7) is 3.04. The van der Waals surface area contributed by atoms with Crippen LogP contribution in [0.1, 0.15) is 0 Å². The summed E-state index contributed by atoms with van der Waals surface area (Å²) in [4.78, 5) is 20.2.